The molecule has 2 N–H and O–H groups in total. The van der Waals surface area contributed by atoms with Gasteiger partial charge in [0.2, 0.25) is 11.8 Å². The summed E-state index contributed by atoms with van der Waals surface area (Å²) in [7, 11) is 1.54. The number of anilines is 3. The van der Waals surface area contributed by atoms with Gasteiger partial charge in [-0.05, 0) is 30.3 Å². The topological polar surface area (TPSA) is 97.0 Å². The molecule has 144 valence electrons. The van der Waals surface area contributed by atoms with E-state index in [0.29, 0.717) is 28.6 Å². The first-order chi connectivity index (χ1) is 13.5. The first-order valence-corrected chi connectivity index (χ1v) is 8.86. The minimum Gasteiger partial charge on any atom is -0.495 e. The quantitative estimate of drug-likeness (QED) is 0.845. The van der Waals surface area contributed by atoms with E-state index < -0.39 is 5.92 Å². The van der Waals surface area contributed by atoms with Gasteiger partial charge in [-0.2, -0.15) is 0 Å². The number of nitrogens with zero attached hydrogens (tertiary/aromatic N) is 1. The Morgan fingerprint density at radius 1 is 1.25 bits per heavy atom. The Labute approximate surface area is 161 Å². The lowest BCUT2D eigenvalue weighted by Crippen LogP contribution is -2.28. The molecule has 28 heavy (non-hydrogen) atoms. The van der Waals surface area contributed by atoms with Crippen molar-refractivity contribution in [2.75, 3.05) is 35.8 Å². The zero-order valence-corrected chi connectivity index (χ0v) is 15.2. The highest BCUT2D eigenvalue weighted by Crippen LogP contribution is 2.34. The van der Waals surface area contributed by atoms with Gasteiger partial charge in [0, 0.05) is 18.7 Å². The Bertz CT molecular complexity index is 959. The highest BCUT2D eigenvalue weighted by Gasteiger charge is 2.36. The molecule has 0 radical (unpaired) electrons. The number of methoxy groups -OCH3 is 1. The number of ether oxygens (including phenoxy) is 2. The van der Waals surface area contributed by atoms with Crippen molar-refractivity contribution in [3.8, 4) is 11.5 Å². The van der Waals surface area contributed by atoms with E-state index in [4.69, 9.17) is 9.47 Å². The van der Waals surface area contributed by atoms with Crippen LogP contribution in [0, 0.1) is 5.92 Å². The molecule has 0 aromatic heterocycles. The van der Waals surface area contributed by atoms with Crippen LogP contribution in [0.5, 0.6) is 11.5 Å². The summed E-state index contributed by atoms with van der Waals surface area (Å²) in [6.07, 6.45) is 0.120. The standard InChI is InChI=1S/C20H19N3O5/c1-27-17-5-3-2-4-15(17)23-10-12(8-19(23)25)20(26)21-13-6-7-16-14(9-13)22-18(24)11-28-16/h2-7,9,12H,8,10-11H2,1H3,(H,21,26)(H,22,24). The van der Waals surface area contributed by atoms with Crippen LogP contribution in [-0.2, 0) is 14.4 Å². The van der Waals surface area contributed by atoms with Gasteiger partial charge < -0.3 is 25.0 Å². The van der Waals surface area contributed by atoms with Crippen molar-refractivity contribution in [3.05, 3.63) is 42.5 Å². The lowest BCUT2D eigenvalue weighted by Gasteiger charge is -2.20. The Balaban J connectivity index is 1.47. The van der Waals surface area contributed by atoms with Crippen LogP contribution in [0.1, 0.15) is 6.42 Å². The summed E-state index contributed by atoms with van der Waals surface area (Å²) in [5.74, 6) is 0.0203. The molecule has 1 fully saturated rings. The number of para-hydroxylation sites is 2. The molecule has 2 heterocycles. The number of fused-ring (bicyclic) bond motifs is 1. The average Bonchev–Trinajstić information content (AvgIpc) is 3.09. The number of amides is 3. The minimum atomic E-state index is -0.487. The van der Waals surface area contributed by atoms with Gasteiger partial charge >= 0.3 is 0 Å². The molecule has 1 saturated heterocycles. The summed E-state index contributed by atoms with van der Waals surface area (Å²) in [5, 5.41) is 5.51. The summed E-state index contributed by atoms with van der Waals surface area (Å²) >= 11 is 0. The lowest BCUT2D eigenvalue weighted by molar-refractivity contribution is -0.122. The first kappa shape index (κ1) is 17.8. The molecule has 0 aliphatic carbocycles. The van der Waals surface area contributed by atoms with Crippen molar-refractivity contribution >= 4 is 34.8 Å². The predicted octanol–water partition coefficient (Wildman–Crippen LogP) is 2.02. The fraction of sp³-hybridized carbons (Fsp3) is 0.250. The van der Waals surface area contributed by atoms with E-state index in [1.165, 1.54) is 0 Å². The van der Waals surface area contributed by atoms with Crippen LogP contribution in [0.25, 0.3) is 0 Å². The van der Waals surface area contributed by atoms with Crippen LogP contribution in [0.15, 0.2) is 42.5 Å². The molecule has 2 aliphatic rings. The summed E-state index contributed by atoms with van der Waals surface area (Å²) in [4.78, 5) is 38.2. The third-order valence-corrected chi connectivity index (χ3v) is 4.75. The van der Waals surface area contributed by atoms with Crippen molar-refractivity contribution in [2.24, 2.45) is 5.92 Å². The fourth-order valence-electron chi connectivity index (χ4n) is 3.37. The van der Waals surface area contributed by atoms with Gasteiger partial charge in [0.25, 0.3) is 5.91 Å². The van der Waals surface area contributed by atoms with Gasteiger partial charge in [0.05, 0.1) is 24.4 Å². The van der Waals surface area contributed by atoms with E-state index in [1.807, 2.05) is 12.1 Å². The van der Waals surface area contributed by atoms with Gasteiger partial charge in [-0.1, -0.05) is 12.1 Å². The number of carbonyl (C=O) groups excluding carboxylic acids is 3. The Morgan fingerprint density at radius 3 is 2.89 bits per heavy atom. The van der Waals surface area contributed by atoms with E-state index in [9.17, 15) is 14.4 Å². The van der Waals surface area contributed by atoms with E-state index >= 15 is 0 Å². The highest BCUT2D eigenvalue weighted by molar-refractivity contribution is 6.04. The molecule has 3 amide bonds. The number of carbonyl (C=O) groups is 3. The molecule has 1 unspecified atom stereocenters. The summed E-state index contributed by atoms with van der Waals surface area (Å²) < 4.78 is 10.6. The molecule has 1 atom stereocenters. The van der Waals surface area contributed by atoms with Gasteiger partial charge in [-0.15, -0.1) is 0 Å². The van der Waals surface area contributed by atoms with Crippen molar-refractivity contribution in [2.45, 2.75) is 6.42 Å². The van der Waals surface area contributed by atoms with E-state index in [-0.39, 0.29) is 37.3 Å². The number of nitrogens with one attached hydrogen (secondary N) is 2. The van der Waals surface area contributed by atoms with Crippen molar-refractivity contribution < 1.29 is 23.9 Å². The largest absolute Gasteiger partial charge is 0.495 e. The Hall–Kier alpha value is -3.55. The second kappa shape index (κ2) is 7.22. The molecule has 2 aliphatic heterocycles. The highest BCUT2D eigenvalue weighted by atomic mass is 16.5. The van der Waals surface area contributed by atoms with Crippen LogP contribution in [0.2, 0.25) is 0 Å². The number of hydrogen-bond acceptors (Lipinski definition) is 5. The molecule has 2 aromatic rings. The normalized spacial score (nSPS) is 18.2. The predicted molar refractivity (Wildman–Crippen MR) is 103 cm³/mol. The molecule has 8 heteroatoms. The van der Waals surface area contributed by atoms with Gasteiger partial charge in [0.1, 0.15) is 11.5 Å². The Kier molecular flexibility index (Phi) is 4.60. The van der Waals surface area contributed by atoms with E-state index in [2.05, 4.69) is 10.6 Å². The zero-order chi connectivity index (χ0) is 19.7. The van der Waals surface area contributed by atoms with Crippen molar-refractivity contribution in [1.29, 1.82) is 0 Å². The van der Waals surface area contributed by atoms with Crippen LogP contribution < -0.4 is 25.0 Å². The van der Waals surface area contributed by atoms with E-state index in [1.54, 1.807) is 42.3 Å². The van der Waals surface area contributed by atoms with Gasteiger partial charge in [0.15, 0.2) is 6.61 Å². The summed E-state index contributed by atoms with van der Waals surface area (Å²) in [6, 6.07) is 12.2. The fourth-order valence-corrected chi connectivity index (χ4v) is 3.37. The van der Waals surface area contributed by atoms with Crippen molar-refractivity contribution in [1.82, 2.24) is 0 Å². The molecule has 0 saturated carbocycles. The van der Waals surface area contributed by atoms with Crippen LogP contribution in [-0.4, -0.2) is 38.0 Å². The summed E-state index contributed by atoms with van der Waals surface area (Å²) in [6.45, 7) is 0.248. The number of rotatable bonds is 4. The maximum absolute atomic E-state index is 12.7. The van der Waals surface area contributed by atoms with Gasteiger partial charge in [-0.3, -0.25) is 14.4 Å². The van der Waals surface area contributed by atoms with Gasteiger partial charge in [-0.25, -0.2) is 0 Å². The van der Waals surface area contributed by atoms with Crippen LogP contribution >= 0.6 is 0 Å². The van der Waals surface area contributed by atoms with E-state index in [0.717, 1.165) is 0 Å². The average molecular weight is 381 g/mol. The molecule has 0 spiro atoms. The minimum absolute atomic E-state index is 0.0261. The van der Waals surface area contributed by atoms with Crippen LogP contribution in [0.3, 0.4) is 0 Å². The third-order valence-electron chi connectivity index (χ3n) is 4.75. The number of hydrogen-bond donors (Lipinski definition) is 2. The second-order valence-corrected chi connectivity index (χ2v) is 6.61. The maximum atomic E-state index is 12.7. The molecule has 0 bridgehead atoms. The van der Waals surface area contributed by atoms with Crippen LogP contribution in [0.4, 0.5) is 17.1 Å². The SMILES string of the molecule is COc1ccccc1N1CC(C(=O)Nc2ccc3c(c2)NC(=O)CO3)CC1=O. The number of benzene rings is 2. The Morgan fingerprint density at radius 2 is 2.07 bits per heavy atom. The monoisotopic (exact) mass is 381 g/mol. The molecular weight excluding hydrogens is 362 g/mol. The second-order valence-electron chi connectivity index (χ2n) is 6.61. The summed E-state index contributed by atoms with van der Waals surface area (Å²) in [5.41, 5.74) is 1.68. The lowest BCUT2D eigenvalue weighted by atomic mass is 10.1. The zero-order valence-electron chi connectivity index (χ0n) is 15.2. The maximum Gasteiger partial charge on any atom is 0.262 e. The molecule has 4 rings (SSSR count). The first-order valence-electron chi connectivity index (χ1n) is 8.86. The molecule has 8 nitrogen and oxygen atoms in total. The smallest absolute Gasteiger partial charge is 0.262 e. The molecular formula is C20H19N3O5. The van der Waals surface area contributed by atoms with Crippen molar-refractivity contribution in [3.63, 3.8) is 0 Å². The molecule has 2 aromatic carbocycles. The third kappa shape index (κ3) is 3.36.